The van der Waals surface area contributed by atoms with Crippen LogP contribution in [0.2, 0.25) is 0 Å². The number of hydrogen-bond acceptors (Lipinski definition) is 5. The van der Waals surface area contributed by atoms with Gasteiger partial charge in [0.15, 0.2) is 0 Å². The standard InChI is InChI=1S/C18H22N4O2S/c1-13-11-21(18(24)15-9-14(2)25-12-15)7-8-22(13)17(23)10-20-16-3-5-19-6-4-16/h3-6,9,12-13H,7-8,10-11H2,1-2H3,(H,19,20). The van der Waals surface area contributed by atoms with Gasteiger partial charge in [0.2, 0.25) is 5.91 Å². The second kappa shape index (κ2) is 7.65. The van der Waals surface area contributed by atoms with Gasteiger partial charge in [-0.25, -0.2) is 0 Å². The van der Waals surface area contributed by atoms with Crippen LogP contribution in [-0.2, 0) is 4.79 Å². The molecule has 1 saturated heterocycles. The van der Waals surface area contributed by atoms with Gasteiger partial charge in [-0.3, -0.25) is 14.6 Å². The van der Waals surface area contributed by atoms with Gasteiger partial charge in [-0.05, 0) is 32.0 Å². The molecular weight excluding hydrogens is 336 g/mol. The lowest BCUT2D eigenvalue weighted by Gasteiger charge is -2.40. The molecule has 1 aliphatic rings. The van der Waals surface area contributed by atoms with E-state index in [-0.39, 0.29) is 24.4 Å². The SMILES string of the molecule is Cc1cc(C(=O)N2CCN(C(=O)CNc3ccncc3)C(C)C2)cs1. The van der Waals surface area contributed by atoms with Crippen molar-refractivity contribution in [2.75, 3.05) is 31.5 Å². The molecule has 3 rings (SSSR count). The van der Waals surface area contributed by atoms with E-state index in [0.717, 1.165) is 16.1 Å². The first-order valence-electron chi connectivity index (χ1n) is 8.32. The smallest absolute Gasteiger partial charge is 0.254 e. The number of thiophene rings is 1. The topological polar surface area (TPSA) is 65.5 Å². The van der Waals surface area contributed by atoms with Gasteiger partial charge in [0.25, 0.3) is 5.91 Å². The van der Waals surface area contributed by atoms with E-state index in [1.807, 2.05) is 47.2 Å². The molecule has 1 fully saturated rings. The first-order chi connectivity index (χ1) is 12.0. The number of pyridine rings is 1. The molecule has 0 aromatic carbocycles. The molecule has 1 atom stereocenters. The van der Waals surface area contributed by atoms with E-state index < -0.39 is 0 Å². The van der Waals surface area contributed by atoms with E-state index in [1.165, 1.54) is 0 Å². The number of amides is 2. The van der Waals surface area contributed by atoms with Crippen LogP contribution >= 0.6 is 11.3 Å². The van der Waals surface area contributed by atoms with E-state index in [4.69, 9.17) is 0 Å². The third kappa shape index (κ3) is 4.17. The Morgan fingerprint density at radius 3 is 2.72 bits per heavy atom. The van der Waals surface area contributed by atoms with Crippen LogP contribution in [0.1, 0.15) is 22.2 Å². The summed E-state index contributed by atoms with van der Waals surface area (Å²) in [4.78, 5) is 33.8. The van der Waals surface area contributed by atoms with Crippen molar-refractivity contribution in [3.8, 4) is 0 Å². The van der Waals surface area contributed by atoms with Crippen LogP contribution in [0.15, 0.2) is 36.0 Å². The summed E-state index contributed by atoms with van der Waals surface area (Å²) in [7, 11) is 0. The van der Waals surface area contributed by atoms with Crippen molar-refractivity contribution in [1.82, 2.24) is 14.8 Å². The molecule has 0 saturated carbocycles. The zero-order valence-corrected chi connectivity index (χ0v) is 15.3. The summed E-state index contributed by atoms with van der Waals surface area (Å²) in [6.45, 7) is 5.92. The van der Waals surface area contributed by atoms with Crippen molar-refractivity contribution in [3.63, 3.8) is 0 Å². The second-order valence-electron chi connectivity index (χ2n) is 6.22. The molecule has 1 aliphatic heterocycles. The summed E-state index contributed by atoms with van der Waals surface area (Å²) >= 11 is 1.58. The number of aromatic nitrogens is 1. The van der Waals surface area contributed by atoms with Gasteiger partial charge in [0.05, 0.1) is 12.1 Å². The number of hydrogen-bond donors (Lipinski definition) is 1. The summed E-state index contributed by atoms with van der Waals surface area (Å²) in [5, 5.41) is 5.02. The lowest BCUT2D eigenvalue weighted by Crippen LogP contribution is -2.56. The van der Waals surface area contributed by atoms with E-state index >= 15 is 0 Å². The number of aryl methyl sites for hydroxylation is 1. The van der Waals surface area contributed by atoms with Gasteiger partial charge < -0.3 is 15.1 Å². The number of nitrogens with one attached hydrogen (secondary N) is 1. The summed E-state index contributed by atoms with van der Waals surface area (Å²) in [5.41, 5.74) is 1.62. The normalized spacial score (nSPS) is 17.4. The summed E-state index contributed by atoms with van der Waals surface area (Å²) < 4.78 is 0. The number of anilines is 1. The second-order valence-corrected chi connectivity index (χ2v) is 7.34. The maximum atomic E-state index is 12.6. The quantitative estimate of drug-likeness (QED) is 0.910. The monoisotopic (exact) mass is 358 g/mol. The maximum absolute atomic E-state index is 12.6. The third-order valence-corrected chi connectivity index (χ3v) is 5.20. The van der Waals surface area contributed by atoms with Crippen LogP contribution in [0.25, 0.3) is 0 Å². The molecule has 25 heavy (non-hydrogen) atoms. The summed E-state index contributed by atoms with van der Waals surface area (Å²) in [6, 6.07) is 5.59. The first kappa shape index (κ1) is 17.4. The molecule has 2 aromatic heterocycles. The lowest BCUT2D eigenvalue weighted by molar-refractivity contribution is -0.133. The molecule has 1 N–H and O–H groups in total. The Hall–Kier alpha value is -2.41. The average molecular weight is 358 g/mol. The number of carbonyl (C=O) groups excluding carboxylic acids is 2. The highest BCUT2D eigenvalue weighted by Gasteiger charge is 2.30. The predicted octanol–water partition coefficient (Wildman–Crippen LogP) is 2.24. The van der Waals surface area contributed by atoms with Crippen LogP contribution in [0.4, 0.5) is 5.69 Å². The van der Waals surface area contributed by atoms with Crippen LogP contribution < -0.4 is 5.32 Å². The predicted molar refractivity (Wildman–Crippen MR) is 98.9 cm³/mol. The number of rotatable bonds is 4. The van der Waals surface area contributed by atoms with Gasteiger partial charge in [0, 0.05) is 54.0 Å². The van der Waals surface area contributed by atoms with Crippen molar-refractivity contribution in [1.29, 1.82) is 0 Å². The fraction of sp³-hybridized carbons (Fsp3) is 0.389. The molecule has 7 heteroatoms. The van der Waals surface area contributed by atoms with Crippen molar-refractivity contribution >= 4 is 28.8 Å². The Kier molecular flexibility index (Phi) is 5.33. The molecule has 6 nitrogen and oxygen atoms in total. The Labute approximate surface area is 151 Å². The number of nitrogens with zero attached hydrogens (tertiary/aromatic N) is 3. The van der Waals surface area contributed by atoms with Crippen molar-refractivity contribution in [2.24, 2.45) is 0 Å². The van der Waals surface area contributed by atoms with Crippen LogP contribution in [0, 0.1) is 6.92 Å². The van der Waals surface area contributed by atoms with Gasteiger partial charge in [0.1, 0.15) is 0 Å². The molecule has 2 amide bonds. The van der Waals surface area contributed by atoms with E-state index in [0.29, 0.717) is 19.6 Å². The van der Waals surface area contributed by atoms with Crippen molar-refractivity contribution < 1.29 is 9.59 Å². The van der Waals surface area contributed by atoms with Crippen molar-refractivity contribution in [2.45, 2.75) is 19.9 Å². The fourth-order valence-corrected chi connectivity index (χ4v) is 3.68. The summed E-state index contributed by atoms with van der Waals surface area (Å²) in [6.07, 6.45) is 3.37. The zero-order valence-electron chi connectivity index (χ0n) is 14.4. The Morgan fingerprint density at radius 1 is 1.32 bits per heavy atom. The molecule has 0 spiro atoms. The van der Waals surface area contributed by atoms with Crippen LogP contribution in [-0.4, -0.2) is 58.8 Å². The van der Waals surface area contributed by atoms with E-state index in [9.17, 15) is 9.59 Å². The highest BCUT2D eigenvalue weighted by atomic mass is 32.1. The van der Waals surface area contributed by atoms with Crippen LogP contribution in [0.5, 0.6) is 0 Å². The van der Waals surface area contributed by atoms with Gasteiger partial charge in [-0.15, -0.1) is 11.3 Å². The van der Waals surface area contributed by atoms with Crippen molar-refractivity contribution in [3.05, 3.63) is 46.4 Å². The molecule has 2 aromatic rings. The maximum Gasteiger partial charge on any atom is 0.254 e. The highest BCUT2D eigenvalue weighted by Crippen LogP contribution is 2.18. The molecule has 0 aliphatic carbocycles. The Bertz CT molecular complexity index is 747. The molecule has 0 radical (unpaired) electrons. The highest BCUT2D eigenvalue weighted by molar-refractivity contribution is 7.10. The average Bonchev–Trinajstić information content (AvgIpc) is 3.06. The summed E-state index contributed by atoms with van der Waals surface area (Å²) in [5.74, 6) is 0.0981. The lowest BCUT2D eigenvalue weighted by atomic mass is 10.1. The molecular formula is C18H22N4O2S. The Balaban J connectivity index is 1.54. The van der Waals surface area contributed by atoms with E-state index in [1.54, 1.807) is 23.7 Å². The minimum atomic E-state index is 0.00386. The third-order valence-electron chi connectivity index (χ3n) is 4.34. The fourth-order valence-electron chi connectivity index (χ4n) is 3.00. The molecule has 3 heterocycles. The van der Waals surface area contributed by atoms with Gasteiger partial charge in [-0.2, -0.15) is 0 Å². The number of piperazine rings is 1. The van der Waals surface area contributed by atoms with Gasteiger partial charge in [-0.1, -0.05) is 0 Å². The van der Waals surface area contributed by atoms with Gasteiger partial charge >= 0.3 is 0 Å². The largest absolute Gasteiger partial charge is 0.376 e. The Morgan fingerprint density at radius 2 is 2.08 bits per heavy atom. The molecule has 0 bridgehead atoms. The minimum Gasteiger partial charge on any atom is -0.376 e. The molecule has 132 valence electrons. The minimum absolute atomic E-state index is 0.00386. The first-order valence-corrected chi connectivity index (χ1v) is 9.20. The molecule has 1 unspecified atom stereocenters. The van der Waals surface area contributed by atoms with E-state index in [2.05, 4.69) is 10.3 Å². The van der Waals surface area contributed by atoms with Crippen LogP contribution in [0.3, 0.4) is 0 Å². The number of carbonyl (C=O) groups is 2. The zero-order chi connectivity index (χ0) is 17.8.